The molecule has 0 unspecified atom stereocenters. The molecule has 0 saturated heterocycles. The van der Waals surface area contributed by atoms with Crippen LogP contribution in [0.1, 0.15) is 0 Å². The molecule has 0 radical (unpaired) electrons. The van der Waals surface area contributed by atoms with Crippen molar-refractivity contribution in [1.29, 1.82) is 0 Å². The molecule has 148 valence electrons. The number of nitrogens with one attached hydrogen (secondary N) is 2. The summed E-state index contributed by atoms with van der Waals surface area (Å²) in [5, 5.41) is 29.7. The first-order valence-electron chi connectivity index (χ1n) is 10.0. The average molecular weight is 423 g/mol. The van der Waals surface area contributed by atoms with E-state index < -0.39 is 0 Å². The molecule has 0 atom stereocenters. The second-order valence-electron chi connectivity index (χ2n) is 7.98. The molecule has 7 aromatic rings. The topological polar surface area (TPSA) is 72.0 Å². The minimum Gasteiger partial charge on any atom is -0.507 e. The van der Waals surface area contributed by atoms with E-state index in [2.05, 4.69) is 9.97 Å². The SMILES string of the molecule is Oc1c2ccccc2c(O)c2c1c1c3ccccc3[nH]c1c1[nH]c3ccc(Cl)cc3c12. The van der Waals surface area contributed by atoms with Crippen molar-refractivity contribution in [2.75, 3.05) is 0 Å². The highest BCUT2D eigenvalue weighted by atomic mass is 35.5. The maximum absolute atomic E-state index is 11.5. The van der Waals surface area contributed by atoms with E-state index in [1.807, 2.05) is 66.7 Å². The number of phenolic OH excluding ortho intramolecular Hbond substituents is 2. The predicted octanol–water partition coefficient (Wildman–Crippen LogP) is 7.33. The van der Waals surface area contributed by atoms with Crippen LogP contribution < -0.4 is 0 Å². The van der Waals surface area contributed by atoms with E-state index in [1.54, 1.807) is 0 Å². The highest BCUT2D eigenvalue weighted by molar-refractivity contribution is 6.40. The largest absolute Gasteiger partial charge is 0.507 e. The van der Waals surface area contributed by atoms with Gasteiger partial charge in [-0.2, -0.15) is 0 Å². The molecule has 0 fully saturated rings. The maximum Gasteiger partial charge on any atom is 0.132 e. The first kappa shape index (κ1) is 16.9. The zero-order chi connectivity index (χ0) is 20.9. The number of fused-ring (bicyclic) bond motifs is 11. The normalized spacial score (nSPS) is 12.3. The summed E-state index contributed by atoms with van der Waals surface area (Å²) in [6.45, 7) is 0. The lowest BCUT2D eigenvalue weighted by molar-refractivity contribution is 0.479. The van der Waals surface area contributed by atoms with Crippen LogP contribution in [-0.2, 0) is 0 Å². The van der Waals surface area contributed by atoms with Gasteiger partial charge >= 0.3 is 0 Å². The number of phenols is 2. The highest BCUT2D eigenvalue weighted by Crippen LogP contribution is 2.51. The second-order valence-corrected chi connectivity index (χ2v) is 8.41. The van der Waals surface area contributed by atoms with Gasteiger partial charge in [-0.3, -0.25) is 0 Å². The van der Waals surface area contributed by atoms with Gasteiger partial charge in [-0.15, -0.1) is 0 Å². The summed E-state index contributed by atoms with van der Waals surface area (Å²) in [6.07, 6.45) is 0. The standard InChI is InChI=1S/C26H15ClN2O2/c27-12-9-10-18-16(11-12)20-22-21(25(30)13-5-1-2-6-14(13)26(22)31)19-15-7-3-4-8-17(15)28-23(19)24(20)29-18/h1-11,28-31H. The molecular weight excluding hydrogens is 408 g/mol. The Morgan fingerprint density at radius 1 is 0.548 bits per heavy atom. The Kier molecular flexibility index (Phi) is 3.06. The van der Waals surface area contributed by atoms with E-state index in [0.29, 0.717) is 26.6 Å². The molecule has 5 aromatic carbocycles. The number of aromatic hydroxyl groups is 2. The van der Waals surface area contributed by atoms with Gasteiger partial charge in [0.1, 0.15) is 11.5 Å². The lowest BCUT2D eigenvalue weighted by Gasteiger charge is -2.13. The third-order valence-corrected chi connectivity index (χ3v) is 6.61. The molecule has 7 rings (SSSR count). The van der Waals surface area contributed by atoms with Crippen LogP contribution in [0.15, 0.2) is 66.7 Å². The summed E-state index contributed by atoms with van der Waals surface area (Å²) in [5.41, 5.74) is 3.65. The molecular formula is C26H15ClN2O2. The van der Waals surface area contributed by atoms with Crippen LogP contribution in [0.25, 0.3) is 65.2 Å². The van der Waals surface area contributed by atoms with Crippen LogP contribution in [-0.4, -0.2) is 20.2 Å². The third-order valence-electron chi connectivity index (χ3n) is 6.38. The fourth-order valence-electron chi connectivity index (χ4n) is 5.09. The fourth-order valence-corrected chi connectivity index (χ4v) is 5.26. The van der Waals surface area contributed by atoms with E-state index in [4.69, 9.17) is 11.6 Å². The van der Waals surface area contributed by atoms with E-state index >= 15 is 0 Å². The summed E-state index contributed by atoms with van der Waals surface area (Å²) < 4.78 is 0. The van der Waals surface area contributed by atoms with Crippen LogP contribution in [0.3, 0.4) is 0 Å². The zero-order valence-corrected chi connectivity index (χ0v) is 16.9. The van der Waals surface area contributed by atoms with Crippen molar-refractivity contribution in [3.8, 4) is 11.5 Å². The number of H-pyrrole nitrogens is 2. The van der Waals surface area contributed by atoms with Crippen LogP contribution in [0.2, 0.25) is 5.02 Å². The van der Waals surface area contributed by atoms with Crippen LogP contribution in [0.5, 0.6) is 11.5 Å². The van der Waals surface area contributed by atoms with Crippen molar-refractivity contribution in [1.82, 2.24) is 9.97 Å². The first-order chi connectivity index (χ1) is 15.1. The van der Waals surface area contributed by atoms with Gasteiger partial charge in [0.15, 0.2) is 0 Å². The number of para-hydroxylation sites is 1. The maximum atomic E-state index is 11.5. The zero-order valence-electron chi connectivity index (χ0n) is 16.1. The lowest BCUT2D eigenvalue weighted by Crippen LogP contribution is -1.85. The summed E-state index contributed by atoms with van der Waals surface area (Å²) in [7, 11) is 0. The molecule has 0 aliphatic carbocycles. The number of aromatic amines is 2. The smallest absolute Gasteiger partial charge is 0.132 e. The van der Waals surface area contributed by atoms with Crippen molar-refractivity contribution in [2.24, 2.45) is 0 Å². The van der Waals surface area contributed by atoms with Gasteiger partial charge < -0.3 is 20.2 Å². The molecule has 4 N–H and O–H groups in total. The number of benzene rings is 5. The predicted molar refractivity (Wildman–Crippen MR) is 129 cm³/mol. The molecule has 0 spiro atoms. The quantitative estimate of drug-likeness (QED) is 0.153. The molecule has 4 nitrogen and oxygen atoms in total. The van der Waals surface area contributed by atoms with Crippen LogP contribution in [0.4, 0.5) is 0 Å². The van der Waals surface area contributed by atoms with Gasteiger partial charge in [0, 0.05) is 59.1 Å². The minimum atomic E-state index is 0.154. The van der Waals surface area contributed by atoms with Gasteiger partial charge in [0.2, 0.25) is 0 Å². The van der Waals surface area contributed by atoms with Crippen LogP contribution in [0, 0.1) is 0 Å². The van der Waals surface area contributed by atoms with Gasteiger partial charge in [0.25, 0.3) is 0 Å². The van der Waals surface area contributed by atoms with Crippen molar-refractivity contribution in [3.63, 3.8) is 0 Å². The molecule has 0 amide bonds. The van der Waals surface area contributed by atoms with Crippen molar-refractivity contribution < 1.29 is 10.2 Å². The molecule has 2 aromatic heterocycles. The highest BCUT2D eigenvalue weighted by Gasteiger charge is 2.24. The van der Waals surface area contributed by atoms with Crippen LogP contribution >= 0.6 is 11.6 Å². The Hall–Kier alpha value is -3.89. The van der Waals surface area contributed by atoms with Crippen molar-refractivity contribution >= 4 is 76.8 Å². The van der Waals surface area contributed by atoms with Crippen molar-refractivity contribution in [2.45, 2.75) is 0 Å². The number of halogens is 1. The molecule has 31 heavy (non-hydrogen) atoms. The summed E-state index contributed by atoms with van der Waals surface area (Å²) >= 11 is 6.34. The van der Waals surface area contributed by atoms with Gasteiger partial charge in [-0.1, -0.05) is 54.1 Å². The Morgan fingerprint density at radius 2 is 1.06 bits per heavy atom. The monoisotopic (exact) mass is 422 g/mol. The number of aromatic nitrogens is 2. The summed E-state index contributed by atoms with van der Waals surface area (Å²) in [4.78, 5) is 7.04. The van der Waals surface area contributed by atoms with E-state index in [0.717, 1.165) is 43.6 Å². The van der Waals surface area contributed by atoms with Gasteiger partial charge in [-0.25, -0.2) is 0 Å². The number of rotatable bonds is 0. The third kappa shape index (κ3) is 2.00. The van der Waals surface area contributed by atoms with E-state index in [-0.39, 0.29) is 11.5 Å². The summed E-state index contributed by atoms with van der Waals surface area (Å²) in [5.74, 6) is 0.317. The fraction of sp³-hybridized carbons (Fsp3) is 0. The molecule has 0 aliphatic rings. The second kappa shape index (κ2) is 5.62. The molecule has 5 heteroatoms. The van der Waals surface area contributed by atoms with Crippen molar-refractivity contribution in [3.05, 3.63) is 71.8 Å². The minimum absolute atomic E-state index is 0.154. The summed E-state index contributed by atoms with van der Waals surface area (Å²) in [6, 6.07) is 21.1. The van der Waals surface area contributed by atoms with E-state index in [1.165, 1.54) is 0 Å². The number of hydrogen-bond acceptors (Lipinski definition) is 2. The van der Waals surface area contributed by atoms with E-state index in [9.17, 15) is 10.2 Å². The van der Waals surface area contributed by atoms with Gasteiger partial charge in [0.05, 0.1) is 11.0 Å². The Labute approximate surface area is 180 Å². The molecule has 0 saturated carbocycles. The van der Waals surface area contributed by atoms with Gasteiger partial charge in [-0.05, 0) is 24.3 Å². The lowest BCUT2D eigenvalue weighted by atomic mass is 9.93. The molecule has 0 bridgehead atoms. The Balaban J connectivity index is 1.95. The number of hydrogen-bond donors (Lipinski definition) is 4. The molecule has 0 aliphatic heterocycles. The Morgan fingerprint density at radius 3 is 1.71 bits per heavy atom. The molecule has 2 heterocycles. The first-order valence-corrected chi connectivity index (χ1v) is 10.4. The average Bonchev–Trinajstić information content (AvgIpc) is 3.35. The Bertz CT molecular complexity index is 1880.